The maximum absolute atomic E-state index is 12.9. The third kappa shape index (κ3) is 4.05. The molecule has 2 aliphatic heterocycles. The van der Waals surface area contributed by atoms with Crippen molar-refractivity contribution in [3.8, 4) is 0 Å². The lowest BCUT2D eigenvalue weighted by atomic mass is 9.93. The van der Waals surface area contributed by atoms with Crippen LogP contribution in [0.15, 0.2) is 24.3 Å². The number of nitrogens with zero attached hydrogens (tertiary/aromatic N) is 1. The molecule has 0 spiro atoms. The minimum Gasteiger partial charge on any atom is -0.361 e. The van der Waals surface area contributed by atoms with Crippen molar-refractivity contribution in [2.45, 2.75) is 50.5 Å². The average Bonchev–Trinajstić information content (AvgIpc) is 2.91. The van der Waals surface area contributed by atoms with E-state index in [1.165, 1.54) is 17.1 Å². The van der Waals surface area contributed by atoms with E-state index in [1.807, 2.05) is 0 Å². The molecule has 2 fully saturated rings. The van der Waals surface area contributed by atoms with Crippen LogP contribution in [-0.2, 0) is 11.0 Å². The van der Waals surface area contributed by atoms with Crippen molar-refractivity contribution in [3.63, 3.8) is 0 Å². The molecule has 2 saturated heterocycles. The Morgan fingerprint density at radius 1 is 1.22 bits per heavy atom. The molecule has 0 radical (unpaired) electrons. The van der Waals surface area contributed by atoms with Crippen molar-refractivity contribution in [2.75, 3.05) is 0 Å². The molecule has 0 saturated carbocycles. The van der Waals surface area contributed by atoms with Gasteiger partial charge in [0.25, 0.3) is 0 Å². The zero-order valence-corrected chi connectivity index (χ0v) is 14.2. The van der Waals surface area contributed by atoms with Crippen LogP contribution in [0.25, 0.3) is 0 Å². The van der Waals surface area contributed by atoms with E-state index in [0.717, 1.165) is 12.1 Å². The second kappa shape index (κ2) is 7.30. The van der Waals surface area contributed by atoms with Crippen LogP contribution in [0.3, 0.4) is 0 Å². The largest absolute Gasteiger partial charge is 0.416 e. The Kier molecular flexibility index (Phi) is 5.39. The van der Waals surface area contributed by atoms with Gasteiger partial charge in [0.05, 0.1) is 17.6 Å². The van der Waals surface area contributed by atoms with Crippen molar-refractivity contribution < 1.29 is 31.9 Å². The third-order valence-corrected chi connectivity index (χ3v) is 4.87. The Bertz CT molecular complexity index is 684. The first-order chi connectivity index (χ1) is 12.6. The second-order valence-corrected chi connectivity index (χ2v) is 6.61. The summed E-state index contributed by atoms with van der Waals surface area (Å²) in [6.45, 7) is 1.66. The number of hydrazine groups is 1. The van der Waals surface area contributed by atoms with Gasteiger partial charge in [-0.2, -0.15) is 13.2 Å². The molecule has 0 aliphatic carbocycles. The van der Waals surface area contributed by atoms with Gasteiger partial charge in [-0.1, -0.05) is 12.1 Å². The lowest BCUT2D eigenvalue weighted by Crippen LogP contribution is -2.64. The molecule has 3 rings (SSSR count). The van der Waals surface area contributed by atoms with Crippen LogP contribution in [0.1, 0.15) is 30.5 Å². The molecule has 4 unspecified atom stereocenters. The normalized spacial score (nSPS) is 30.3. The molecule has 2 aliphatic rings. The van der Waals surface area contributed by atoms with Crippen LogP contribution in [0.2, 0.25) is 0 Å². The van der Waals surface area contributed by atoms with Crippen LogP contribution in [0.5, 0.6) is 0 Å². The Morgan fingerprint density at radius 2 is 1.85 bits per heavy atom. The van der Waals surface area contributed by atoms with Crippen molar-refractivity contribution in [2.24, 2.45) is 5.92 Å². The molecule has 27 heavy (non-hydrogen) atoms. The van der Waals surface area contributed by atoms with Gasteiger partial charge >= 0.3 is 6.18 Å². The zero-order chi connectivity index (χ0) is 19.9. The summed E-state index contributed by atoms with van der Waals surface area (Å²) < 4.78 is 64.0. The van der Waals surface area contributed by atoms with Crippen molar-refractivity contribution >= 4 is 5.91 Å². The maximum Gasteiger partial charge on any atom is 0.416 e. The number of aliphatic hydroxyl groups is 1. The summed E-state index contributed by atoms with van der Waals surface area (Å²) in [7, 11) is 0. The minimum absolute atomic E-state index is 0.495. The van der Waals surface area contributed by atoms with Gasteiger partial charge in [-0.3, -0.25) is 10.1 Å². The maximum atomic E-state index is 12.9. The highest BCUT2D eigenvalue weighted by Crippen LogP contribution is 2.35. The molecule has 0 bridgehead atoms. The van der Waals surface area contributed by atoms with Gasteiger partial charge < -0.3 is 10.4 Å². The van der Waals surface area contributed by atoms with Gasteiger partial charge in [0.2, 0.25) is 12.3 Å². The summed E-state index contributed by atoms with van der Waals surface area (Å²) in [5, 5.41) is 16.2. The van der Waals surface area contributed by atoms with Crippen molar-refractivity contribution in [3.05, 3.63) is 35.4 Å². The number of alkyl halides is 5. The first-order valence-corrected chi connectivity index (χ1v) is 8.32. The van der Waals surface area contributed by atoms with Gasteiger partial charge in [-0.15, -0.1) is 0 Å². The molecule has 1 aromatic rings. The van der Waals surface area contributed by atoms with Crippen LogP contribution in [-0.4, -0.2) is 41.0 Å². The molecule has 6 nitrogen and oxygen atoms in total. The second-order valence-electron chi connectivity index (χ2n) is 6.61. The molecule has 1 aromatic carbocycles. The number of carbonyl (C=O) groups is 1. The van der Waals surface area contributed by atoms with Crippen LogP contribution >= 0.6 is 0 Å². The van der Waals surface area contributed by atoms with E-state index in [0.29, 0.717) is 5.56 Å². The fourth-order valence-electron chi connectivity index (χ4n) is 3.54. The van der Waals surface area contributed by atoms with E-state index in [1.54, 1.807) is 6.92 Å². The predicted molar refractivity (Wildman–Crippen MR) is 83.8 cm³/mol. The summed E-state index contributed by atoms with van der Waals surface area (Å²) in [5.74, 6) is -1.47. The van der Waals surface area contributed by atoms with Gasteiger partial charge in [0, 0.05) is 18.5 Å². The zero-order valence-electron chi connectivity index (χ0n) is 14.2. The van der Waals surface area contributed by atoms with E-state index in [9.17, 15) is 31.9 Å². The van der Waals surface area contributed by atoms with Gasteiger partial charge in [-0.05, 0) is 24.6 Å². The number of benzene rings is 1. The number of aliphatic hydroxyl groups excluding tert-OH is 1. The number of rotatable bonds is 4. The molecular weight excluding hydrogens is 375 g/mol. The molecular formula is C16H19F5N4O2. The Hall–Kier alpha value is -1.82. The molecule has 2 heterocycles. The van der Waals surface area contributed by atoms with E-state index >= 15 is 0 Å². The number of nitrogens with one attached hydrogen (secondary N) is 3. The van der Waals surface area contributed by atoms with E-state index in [4.69, 9.17) is 0 Å². The lowest BCUT2D eigenvalue weighted by molar-refractivity contribution is -0.138. The standard InChI is InChI=1S/C16H19F5N4O2/c1-7(8-2-4-9(5-3-8)16(19,20)21)25-13-12(10(24-25)6-11(17)18)14(26)23-15(27)22-13/h2-5,7,10-13,15,22,24,27H,6H2,1H3,(H,23,26)/t7-,10?,12?,13?,15?/m0/s1. The molecule has 5 atom stereocenters. The van der Waals surface area contributed by atoms with E-state index < -0.39 is 61.0 Å². The predicted octanol–water partition coefficient (Wildman–Crippen LogP) is 1.55. The number of fused-ring (bicyclic) bond motifs is 1. The van der Waals surface area contributed by atoms with E-state index in [-0.39, 0.29) is 0 Å². The Morgan fingerprint density at radius 3 is 2.41 bits per heavy atom. The topological polar surface area (TPSA) is 76.6 Å². The fraction of sp³-hybridized carbons (Fsp3) is 0.562. The Balaban J connectivity index is 1.84. The average molecular weight is 394 g/mol. The number of amides is 1. The van der Waals surface area contributed by atoms with Gasteiger partial charge in [0.1, 0.15) is 0 Å². The number of halogens is 5. The molecule has 11 heteroatoms. The summed E-state index contributed by atoms with van der Waals surface area (Å²) in [4.78, 5) is 12.2. The smallest absolute Gasteiger partial charge is 0.361 e. The summed E-state index contributed by atoms with van der Waals surface area (Å²) in [5.41, 5.74) is 2.55. The van der Waals surface area contributed by atoms with Gasteiger partial charge in [-0.25, -0.2) is 19.2 Å². The number of carbonyl (C=O) groups excluding carboxylic acids is 1. The summed E-state index contributed by atoms with van der Waals surface area (Å²) >= 11 is 0. The summed E-state index contributed by atoms with van der Waals surface area (Å²) in [6, 6.07) is 3.03. The van der Waals surface area contributed by atoms with Gasteiger partial charge in [0.15, 0.2) is 6.35 Å². The summed E-state index contributed by atoms with van der Waals surface area (Å²) in [6.07, 6.45) is -9.84. The highest BCUT2D eigenvalue weighted by molar-refractivity contribution is 5.81. The molecule has 1 amide bonds. The first-order valence-electron chi connectivity index (χ1n) is 8.32. The first kappa shape index (κ1) is 19.9. The van der Waals surface area contributed by atoms with Crippen LogP contribution in [0, 0.1) is 5.92 Å². The third-order valence-electron chi connectivity index (χ3n) is 4.87. The fourth-order valence-corrected chi connectivity index (χ4v) is 3.54. The monoisotopic (exact) mass is 394 g/mol. The van der Waals surface area contributed by atoms with E-state index in [2.05, 4.69) is 16.1 Å². The van der Waals surface area contributed by atoms with Crippen LogP contribution in [0.4, 0.5) is 22.0 Å². The Labute approximate surface area is 151 Å². The number of hydrogen-bond acceptors (Lipinski definition) is 5. The molecule has 4 N–H and O–H groups in total. The quantitative estimate of drug-likeness (QED) is 0.583. The van der Waals surface area contributed by atoms with Crippen molar-refractivity contribution in [1.29, 1.82) is 0 Å². The SMILES string of the molecule is C[C@@H](c1ccc(C(F)(F)F)cc1)N1NC(CC(F)F)C2C(=O)NC(O)NC21. The minimum atomic E-state index is -4.46. The van der Waals surface area contributed by atoms with Crippen LogP contribution < -0.4 is 16.1 Å². The van der Waals surface area contributed by atoms with Crippen molar-refractivity contribution in [1.82, 2.24) is 21.1 Å². The molecule has 0 aromatic heterocycles. The number of hydrogen-bond donors (Lipinski definition) is 4. The molecule has 150 valence electrons. The lowest BCUT2D eigenvalue weighted by Gasteiger charge is -2.37. The highest BCUT2D eigenvalue weighted by atomic mass is 19.4. The highest BCUT2D eigenvalue weighted by Gasteiger charge is 2.51.